The number of hydrazone groups is 1. The van der Waals surface area contributed by atoms with Crippen LogP contribution in [0.25, 0.3) is 0 Å². The number of para-hydroxylation sites is 1. The molecule has 6 heteroatoms. The van der Waals surface area contributed by atoms with E-state index >= 15 is 0 Å². The Hall–Kier alpha value is -3.28. The Kier molecular flexibility index (Phi) is 3.86. The topological polar surface area (TPSA) is 47.2 Å². The number of furan rings is 1. The van der Waals surface area contributed by atoms with Crippen LogP contribution in [0.5, 0.6) is 11.5 Å². The predicted octanol–water partition coefficient (Wildman–Crippen LogP) is 4.98. The Labute approximate surface area is 162 Å². The lowest BCUT2D eigenvalue weighted by atomic mass is 9.97. The summed E-state index contributed by atoms with van der Waals surface area (Å²) in [6.07, 6.45) is 0.112. The van der Waals surface area contributed by atoms with Crippen LogP contribution in [0.3, 0.4) is 0 Å². The molecular formula is C22H19FN2O3. The highest BCUT2D eigenvalue weighted by atomic mass is 19.1. The molecule has 0 unspecified atom stereocenters. The normalized spacial score (nSPS) is 20.2. The van der Waals surface area contributed by atoms with E-state index in [1.54, 1.807) is 13.2 Å². The molecule has 0 saturated heterocycles. The van der Waals surface area contributed by atoms with Crippen LogP contribution in [0.1, 0.15) is 41.3 Å². The van der Waals surface area contributed by atoms with E-state index in [2.05, 4.69) is 0 Å². The van der Waals surface area contributed by atoms with Crippen molar-refractivity contribution in [2.75, 3.05) is 7.11 Å². The van der Waals surface area contributed by atoms with Gasteiger partial charge in [0, 0.05) is 17.5 Å². The number of methoxy groups -OCH3 is 1. The molecule has 5 nitrogen and oxygen atoms in total. The molecule has 0 saturated carbocycles. The number of halogens is 1. The van der Waals surface area contributed by atoms with Crippen molar-refractivity contribution in [1.82, 2.24) is 5.01 Å². The van der Waals surface area contributed by atoms with Gasteiger partial charge in [-0.25, -0.2) is 9.40 Å². The van der Waals surface area contributed by atoms with Crippen molar-refractivity contribution in [2.45, 2.75) is 25.6 Å². The van der Waals surface area contributed by atoms with Crippen LogP contribution in [0.4, 0.5) is 4.39 Å². The summed E-state index contributed by atoms with van der Waals surface area (Å²) in [5.41, 5.74) is 2.54. The highest BCUT2D eigenvalue weighted by Crippen LogP contribution is 2.50. The minimum atomic E-state index is -0.557. The summed E-state index contributed by atoms with van der Waals surface area (Å²) in [6.45, 7) is 1.91. The molecule has 0 N–H and O–H groups in total. The van der Waals surface area contributed by atoms with Gasteiger partial charge < -0.3 is 13.9 Å². The van der Waals surface area contributed by atoms with E-state index in [9.17, 15) is 4.39 Å². The number of aryl methyl sites for hydroxylation is 1. The number of fused-ring (bicyclic) bond motifs is 3. The Morgan fingerprint density at radius 3 is 2.75 bits per heavy atom. The van der Waals surface area contributed by atoms with Crippen LogP contribution < -0.4 is 9.47 Å². The van der Waals surface area contributed by atoms with Crippen molar-refractivity contribution in [3.8, 4) is 11.5 Å². The molecule has 0 aliphatic carbocycles. The zero-order valence-corrected chi connectivity index (χ0v) is 15.6. The summed E-state index contributed by atoms with van der Waals surface area (Å²) >= 11 is 0. The lowest BCUT2D eigenvalue weighted by molar-refractivity contribution is -0.0210. The largest absolute Gasteiger partial charge is 0.493 e. The van der Waals surface area contributed by atoms with Gasteiger partial charge in [-0.15, -0.1) is 0 Å². The van der Waals surface area contributed by atoms with Crippen molar-refractivity contribution in [2.24, 2.45) is 5.10 Å². The average Bonchev–Trinajstić information content (AvgIpc) is 3.33. The fourth-order valence-electron chi connectivity index (χ4n) is 3.86. The summed E-state index contributed by atoms with van der Waals surface area (Å²) in [5, 5.41) is 6.70. The first-order valence-electron chi connectivity index (χ1n) is 9.15. The van der Waals surface area contributed by atoms with Gasteiger partial charge >= 0.3 is 0 Å². The SMILES string of the molecule is COc1cccc2c1O[C@@H](c1cccc(F)c1)N1N=C(c3ccc(C)o3)C[C@H]21. The third-order valence-electron chi connectivity index (χ3n) is 5.16. The van der Waals surface area contributed by atoms with E-state index < -0.39 is 6.23 Å². The van der Waals surface area contributed by atoms with Gasteiger partial charge in [-0.1, -0.05) is 24.3 Å². The van der Waals surface area contributed by atoms with Crippen LogP contribution in [-0.2, 0) is 0 Å². The van der Waals surface area contributed by atoms with Crippen LogP contribution in [0.2, 0.25) is 0 Å². The summed E-state index contributed by atoms with van der Waals surface area (Å²) in [4.78, 5) is 0. The molecule has 0 fully saturated rings. The minimum absolute atomic E-state index is 0.0486. The molecule has 28 heavy (non-hydrogen) atoms. The number of benzene rings is 2. The van der Waals surface area contributed by atoms with Gasteiger partial charge in [-0.05, 0) is 37.3 Å². The molecule has 142 valence electrons. The molecular weight excluding hydrogens is 359 g/mol. The summed E-state index contributed by atoms with van der Waals surface area (Å²) in [5.74, 6) is 2.60. The fourth-order valence-corrected chi connectivity index (χ4v) is 3.86. The molecule has 3 aromatic rings. The predicted molar refractivity (Wildman–Crippen MR) is 102 cm³/mol. The minimum Gasteiger partial charge on any atom is -0.493 e. The second-order valence-electron chi connectivity index (χ2n) is 6.96. The maximum absolute atomic E-state index is 13.9. The van der Waals surface area contributed by atoms with Gasteiger partial charge in [0.25, 0.3) is 0 Å². The van der Waals surface area contributed by atoms with Crippen LogP contribution in [0, 0.1) is 12.7 Å². The van der Waals surface area contributed by atoms with E-state index in [0.29, 0.717) is 23.5 Å². The average molecular weight is 378 g/mol. The second kappa shape index (κ2) is 6.41. The van der Waals surface area contributed by atoms with Crippen molar-refractivity contribution in [3.63, 3.8) is 0 Å². The number of rotatable bonds is 3. The molecule has 0 amide bonds. The monoisotopic (exact) mass is 378 g/mol. The van der Waals surface area contributed by atoms with Crippen molar-refractivity contribution in [3.05, 3.63) is 83.1 Å². The van der Waals surface area contributed by atoms with Gasteiger partial charge in [0.1, 0.15) is 23.0 Å². The van der Waals surface area contributed by atoms with Gasteiger partial charge in [-0.3, -0.25) is 0 Å². The van der Waals surface area contributed by atoms with Crippen LogP contribution in [-0.4, -0.2) is 17.8 Å². The molecule has 0 bridgehead atoms. The van der Waals surface area contributed by atoms with E-state index in [4.69, 9.17) is 19.0 Å². The fraction of sp³-hybridized carbons (Fsp3) is 0.227. The smallest absolute Gasteiger partial charge is 0.214 e. The number of ether oxygens (including phenoxy) is 2. The number of nitrogens with zero attached hydrogens (tertiary/aromatic N) is 2. The molecule has 0 radical (unpaired) electrons. The summed E-state index contributed by atoms with van der Waals surface area (Å²) < 4.78 is 31.5. The molecule has 2 aromatic carbocycles. The number of hydrogen-bond acceptors (Lipinski definition) is 5. The molecule has 1 aromatic heterocycles. The molecule has 2 aliphatic rings. The van der Waals surface area contributed by atoms with Crippen LogP contribution in [0.15, 0.2) is 64.1 Å². The van der Waals surface area contributed by atoms with Crippen molar-refractivity contribution < 1.29 is 18.3 Å². The molecule has 0 spiro atoms. The summed E-state index contributed by atoms with van der Waals surface area (Å²) in [7, 11) is 1.62. The highest BCUT2D eigenvalue weighted by molar-refractivity contribution is 5.99. The van der Waals surface area contributed by atoms with E-state index in [0.717, 1.165) is 22.8 Å². The zero-order valence-electron chi connectivity index (χ0n) is 15.6. The second-order valence-corrected chi connectivity index (χ2v) is 6.96. The summed E-state index contributed by atoms with van der Waals surface area (Å²) in [6, 6.07) is 16.0. The van der Waals surface area contributed by atoms with E-state index in [1.807, 2.05) is 48.3 Å². The Morgan fingerprint density at radius 2 is 2.00 bits per heavy atom. The maximum atomic E-state index is 13.9. The van der Waals surface area contributed by atoms with E-state index in [1.165, 1.54) is 12.1 Å². The molecule has 2 atom stereocenters. The van der Waals surface area contributed by atoms with Gasteiger partial charge in [0.2, 0.25) is 6.23 Å². The standard InChI is InChI=1S/C22H19FN2O3/c1-13-9-10-19(27-13)17-12-18-16-7-4-8-20(26-2)21(16)28-22(25(18)24-17)14-5-3-6-15(23)11-14/h3-11,18,22H,12H2,1-2H3/t18-,22+/m1/s1. The quantitative estimate of drug-likeness (QED) is 0.645. The van der Waals surface area contributed by atoms with Crippen molar-refractivity contribution >= 4 is 5.71 Å². The first-order valence-corrected chi connectivity index (χ1v) is 9.15. The lowest BCUT2D eigenvalue weighted by Crippen LogP contribution is -2.34. The Balaban J connectivity index is 1.63. The van der Waals surface area contributed by atoms with Crippen LogP contribution >= 0.6 is 0 Å². The Morgan fingerprint density at radius 1 is 1.14 bits per heavy atom. The van der Waals surface area contributed by atoms with Gasteiger partial charge in [-0.2, -0.15) is 5.10 Å². The zero-order chi connectivity index (χ0) is 19.3. The highest BCUT2D eigenvalue weighted by Gasteiger charge is 2.42. The first-order chi connectivity index (χ1) is 13.6. The first kappa shape index (κ1) is 16.9. The third kappa shape index (κ3) is 2.64. The maximum Gasteiger partial charge on any atom is 0.214 e. The Bertz CT molecular complexity index is 1080. The molecule has 3 heterocycles. The van der Waals surface area contributed by atoms with E-state index in [-0.39, 0.29) is 11.9 Å². The van der Waals surface area contributed by atoms with Gasteiger partial charge in [0.15, 0.2) is 11.5 Å². The third-order valence-corrected chi connectivity index (χ3v) is 5.16. The molecule has 5 rings (SSSR count). The van der Waals surface area contributed by atoms with Gasteiger partial charge in [0.05, 0.1) is 13.2 Å². The molecule has 2 aliphatic heterocycles. The number of hydrogen-bond donors (Lipinski definition) is 0. The van der Waals surface area contributed by atoms with Crippen molar-refractivity contribution in [1.29, 1.82) is 0 Å². The lowest BCUT2D eigenvalue weighted by Gasteiger charge is -2.38.